The van der Waals surface area contributed by atoms with Crippen LogP contribution < -0.4 is 5.46 Å². The Hall–Kier alpha value is -2.10. The lowest BCUT2D eigenvalue weighted by atomic mass is 9.79. The van der Waals surface area contributed by atoms with Crippen molar-refractivity contribution in [3.8, 4) is 0 Å². The number of hydrogen-bond donors (Lipinski definition) is 0. The third kappa shape index (κ3) is 2.46. The van der Waals surface area contributed by atoms with Gasteiger partial charge in [0, 0.05) is 0 Å². The Bertz CT molecular complexity index is 757. The van der Waals surface area contributed by atoms with Gasteiger partial charge in [0.25, 0.3) is 0 Å². The Labute approximate surface area is 124 Å². The number of rotatable bonds is 2. The highest BCUT2D eigenvalue weighted by atomic mass is 16.6. The van der Waals surface area contributed by atoms with Crippen LogP contribution in [0.2, 0.25) is 0 Å². The summed E-state index contributed by atoms with van der Waals surface area (Å²) in [6.07, 6.45) is -0.000174. The minimum absolute atomic E-state index is 0.000174. The Morgan fingerprint density at radius 3 is 2.43 bits per heavy atom. The first-order valence-corrected chi connectivity index (χ1v) is 7.21. The smallest absolute Gasteiger partial charge is 0.404 e. The van der Waals surface area contributed by atoms with Crippen LogP contribution >= 0.6 is 0 Å². The molecule has 0 aliphatic carbocycles. The van der Waals surface area contributed by atoms with E-state index in [1.54, 1.807) is 0 Å². The van der Waals surface area contributed by atoms with Gasteiger partial charge in [0.05, 0.1) is 12.7 Å². The summed E-state index contributed by atoms with van der Waals surface area (Å²) in [5.41, 5.74) is 2.24. The largest absolute Gasteiger partial charge is 0.494 e. The second-order valence-corrected chi connectivity index (χ2v) is 5.31. The Kier molecular flexibility index (Phi) is 3.22. The topological polar surface area (TPSA) is 18.5 Å². The molecule has 1 saturated heterocycles. The fourth-order valence-electron chi connectivity index (χ4n) is 2.77. The quantitative estimate of drug-likeness (QED) is 0.667. The van der Waals surface area contributed by atoms with Crippen molar-refractivity contribution in [3.05, 3.63) is 78.4 Å². The lowest BCUT2D eigenvalue weighted by molar-refractivity contribution is 0.241. The molecule has 1 aliphatic heterocycles. The average molecular weight is 274 g/mol. The first-order chi connectivity index (χ1) is 10.4. The van der Waals surface area contributed by atoms with Crippen molar-refractivity contribution in [2.24, 2.45) is 0 Å². The fraction of sp³-hybridized carbons (Fsp3) is 0.111. The van der Waals surface area contributed by atoms with Crippen molar-refractivity contribution in [2.75, 3.05) is 6.61 Å². The van der Waals surface area contributed by atoms with E-state index >= 15 is 0 Å². The predicted octanol–water partition coefficient (Wildman–Crippen LogP) is 3.32. The van der Waals surface area contributed by atoms with E-state index in [0.29, 0.717) is 6.61 Å². The van der Waals surface area contributed by atoms with Gasteiger partial charge < -0.3 is 9.31 Å². The molecule has 1 aliphatic rings. The first-order valence-electron chi connectivity index (χ1n) is 7.21. The number of hydrogen-bond acceptors (Lipinski definition) is 2. The van der Waals surface area contributed by atoms with Gasteiger partial charge in [-0.3, -0.25) is 0 Å². The minimum Gasteiger partial charge on any atom is -0.404 e. The van der Waals surface area contributed by atoms with Crippen LogP contribution in [0.1, 0.15) is 11.7 Å². The third-order valence-corrected chi connectivity index (χ3v) is 3.90. The van der Waals surface area contributed by atoms with Gasteiger partial charge in [0.15, 0.2) is 0 Å². The van der Waals surface area contributed by atoms with E-state index in [1.165, 1.54) is 16.3 Å². The van der Waals surface area contributed by atoms with Gasteiger partial charge in [0.2, 0.25) is 0 Å². The molecule has 102 valence electrons. The Morgan fingerprint density at radius 2 is 1.57 bits per heavy atom. The van der Waals surface area contributed by atoms with Gasteiger partial charge in [-0.25, -0.2) is 0 Å². The lowest BCUT2D eigenvalue weighted by Crippen LogP contribution is -2.31. The maximum atomic E-state index is 6.06. The summed E-state index contributed by atoms with van der Waals surface area (Å²) in [6, 6.07) is 24.9. The van der Waals surface area contributed by atoms with Crippen LogP contribution in [0, 0.1) is 0 Å². The summed E-state index contributed by atoms with van der Waals surface area (Å²) in [6.45, 7) is 0.595. The molecule has 0 saturated carbocycles. The fourth-order valence-corrected chi connectivity index (χ4v) is 2.77. The molecule has 0 radical (unpaired) electrons. The number of fused-ring (bicyclic) bond motifs is 1. The normalized spacial score (nSPS) is 18.3. The maximum Gasteiger partial charge on any atom is 0.494 e. The minimum atomic E-state index is -0.261. The molecule has 1 atom stereocenters. The monoisotopic (exact) mass is 274 g/mol. The highest BCUT2D eigenvalue weighted by Crippen LogP contribution is 2.27. The van der Waals surface area contributed by atoms with Crippen LogP contribution in [-0.4, -0.2) is 13.7 Å². The summed E-state index contributed by atoms with van der Waals surface area (Å²) in [5.74, 6) is 0. The van der Waals surface area contributed by atoms with Gasteiger partial charge in [0.1, 0.15) is 0 Å². The second-order valence-electron chi connectivity index (χ2n) is 5.31. The third-order valence-electron chi connectivity index (χ3n) is 3.90. The molecule has 1 heterocycles. The van der Waals surface area contributed by atoms with Gasteiger partial charge >= 0.3 is 7.12 Å². The van der Waals surface area contributed by atoms with E-state index in [-0.39, 0.29) is 13.2 Å². The van der Waals surface area contributed by atoms with Crippen molar-refractivity contribution in [2.45, 2.75) is 6.10 Å². The molecule has 3 heteroatoms. The van der Waals surface area contributed by atoms with Crippen LogP contribution in [-0.2, 0) is 9.31 Å². The highest BCUT2D eigenvalue weighted by Gasteiger charge is 2.33. The number of benzene rings is 3. The molecule has 0 N–H and O–H groups in total. The standard InChI is InChI=1S/C18H15BO2/c1-2-8-17(9-3-1)19-20-13-18(21-19)16-11-10-14-6-4-5-7-15(14)12-16/h1-12,18H,13H2/t18-/m0/s1. The summed E-state index contributed by atoms with van der Waals surface area (Å²) < 4.78 is 11.9. The Balaban J connectivity index is 1.59. The molecule has 3 aromatic carbocycles. The van der Waals surface area contributed by atoms with Crippen molar-refractivity contribution in [1.82, 2.24) is 0 Å². The Morgan fingerprint density at radius 1 is 0.810 bits per heavy atom. The van der Waals surface area contributed by atoms with E-state index in [0.717, 1.165) is 5.46 Å². The van der Waals surface area contributed by atoms with Crippen LogP contribution in [0.4, 0.5) is 0 Å². The zero-order chi connectivity index (χ0) is 14.1. The van der Waals surface area contributed by atoms with Crippen molar-refractivity contribution in [1.29, 1.82) is 0 Å². The molecule has 2 nitrogen and oxygen atoms in total. The molecular formula is C18H15BO2. The zero-order valence-electron chi connectivity index (χ0n) is 11.6. The first kappa shape index (κ1) is 12.6. The average Bonchev–Trinajstić information content (AvgIpc) is 3.05. The highest BCUT2D eigenvalue weighted by molar-refractivity contribution is 6.61. The van der Waals surface area contributed by atoms with Crippen LogP contribution in [0.25, 0.3) is 10.8 Å². The molecule has 0 amide bonds. The molecule has 4 rings (SSSR count). The second kappa shape index (κ2) is 5.36. The van der Waals surface area contributed by atoms with Crippen LogP contribution in [0.3, 0.4) is 0 Å². The predicted molar refractivity (Wildman–Crippen MR) is 85.6 cm³/mol. The molecule has 0 spiro atoms. The van der Waals surface area contributed by atoms with Gasteiger partial charge in [-0.05, 0) is 27.9 Å². The van der Waals surface area contributed by atoms with Crippen LogP contribution in [0.15, 0.2) is 72.8 Å². The van der Waals surface area contributed by atoms with E-state index in [9.17, 15) is 0 Å². The molecule has 1 fully saturated rings. The van der Waals surface area contributed by atoms with E-state index in [4.69, 9.17) is 9.31 Å². The van der Waals surface area contributed by atoms with Gasteiger partial charge in [-0.15, -0.1) is 0 Å². The molecule has 0 aromatic heterocycles. The van der Waals surface area contributed by atoms with Crippen molar-refractivity contribution in [3.63, 3.8) is 0 Å². The van der Waals surface area contributed by atoms with Crippen molar-refractivity contribution >= 4 is 23.4 Å². The van der Waals surface area contributed by atoms with E-state index < -0.39 is 0 Å². The summed E-state index contributed by atoms with van der Waals surface area (Å²) in [7, 11) is -0.261. The maximum absolute atomic E-state index is 6.06. The lowest BCUT2D eigenvalue weighted by Gasteiger charge is -2.11. The molecule has 21 heavy (non-hydrogen) atoms. The molecular weight excluding hydrogens is 259 g/mol. The summed E-state index contributed by atoms with van der Waals surface area (Å²) >= 11 is 0. The summed E-state index contributed by atoms with van der Waals surface area (Å²) in [5, 5.41) is 2.49. The van der Waals surface area contributed by atoms with Crippen LogP contribution in [0.5, 0.6) is 0 Å². The molecule has 0 bridgehead atoms. The van der Waals surface area contributed by atoms with E-state index in [1.807, 2.05) is 30.3 Å². The zero-order valence-corrected chi connectivity index (χ0v) is 11.6. The van der Waals surface area contributed by atoms with E-state index in [2.05, 4.69) is 42.5 Å². The van der Waals surface area contributed by atoms with Gasteiger partial charge in [-0.2, -0.15) is 0 Å². The van der Waals surface area contributed by atoms with Crippen molar-refractivity contribution < 1.29 is 9.31 Å². The SMILES string of the molecule is c1ccc(B2OC[C@@H](c3ccc4ccccc4c3)O2)cc1. The van der Waals surface area contributed by atoms with Gasteiger partial charge in [-0.1, -0.05) is 66.7 Å². The molecule has 3 aromatic rings. The molecule has 0 unspecified atom stereocenters. The summed E-state index contributed by atoms with van der Waals surface area (Å²) in [4.78, 5) is 0.